The fraction of sp³-hybridized carbons (Fsp3) is 0.444. The Kier molecular flexibility index (Phi) is 19.5. The number of hydrogen-bond acceptors (Lipinski definition) is 15. The molecule has 1 fully saturated rings. The first kappa shape index (κ1) is 52.3. The lowest BCUT2D eigenvalue weighted by Gasteiger charge is -2.28. The third-order valence-corrected chi connectivity index (χ3v) is 15.0. The second-order valence-electron chi connectivity index (χ2n) is 17.4. The number of hydrogen-bond donors (Lipinski definition) is 2. The van der Waals surface area contributed by atoms with Gasteiger partial charge in [0, 0.05) is 93.1 Å². The van der Waals surface area contributed by atoms with Crippen molar-refractivity contribution in [3.63, 3.8) is 0 Å². The van der Waals surface area contributed by atoms with Crippen LogP contribution in [0.1, 0.15) is 63.6 Å². The van der Waals surface area contributed by atoms with Crippen molar-refractivity contribution in [3.8, 4) is 23.0 Å². The number of nitrogens with zero attached hydrogens (tertiary/aromatic N) is 3. The molecule has 0 bridgehead atoms. The topological polar surface area (TPSA) is 133 Å². The Bertz CT molecular complexity index is 2470. The second kappa shape index (κ2) is 26.1. The number of rotatable bonds is 28. The van der Waals surface area contributed by atoms with Crippen molar-refractivity contribution in [1.29, 1.82) is 0 Å². The third-order valence-electron chi connectivity index (χ3n) is 12.8. The number of ether oxygens (including phenoxy) is 7. The van der Waals surface area contributed by atoms with Crippen molar-refractivity contribution >= 4 is 56.5 Å². The van der Waals surface area contributed by atoms with E-state index in [0.29, 0.717) is 103 Å². The SMILES string of the molecule is CNc1cc(OCc2cc(COc3cc(NCC4Cc5ccccc5N4C)c(C=O)cc3OC)cc(N(CCOCCOCCOC)CC(C)SSC)c2)c(OC)cc1C(=O)N1CCC2=CCCC=C21. The highest BCUT2D eigenvalue weighted by molar-refractivity contribution is 8.76. The van der Waals surface area contributed by atoms with Crippen LogP contribution >= 0.6 is 21.6 Å². The molecule has 3 aliphatic rings. The summed E-state index contributed by atoms with van der Waals surface area (Å²) in [6, 6.07) is 22.2. The van der Waals surface area contributed by atoms with E-state index >= 15 is 0 Å². The number of likely N-dealkylation sites (N-methyl/N-ethyl adjacent to an activating group) is 1. The average molecular weight is 996 g/mol. The Balaban J connectivity index is 1.14. The first-order valence-electron chi connectivity index (χ1n) is 24.0. The average Bonchev–Trinajstić information content (AvgIpc) is 3.97. The van der Waals surface area contributed by atoms with Crippen LogP contribution in [0.25, 0.3) is 0 Å². The van der Waals surface area contributed by atoms with Crippen molar-refractivity contribution in [3.05, 3.63) is 118 Å². The van der Waals surface area contributed by atoms with E-state index in [0.717, 1.165) is 61.0 Å². The minimum absolute atomic E-state index is 0.0765. The second-order valence-corrected chi connectivity index (χ2v) is 20.3. The van der Waals surface area contributed by atoms with Crippen molar-refractivity contribution < 1.29 is 42.7 Å². The quantitative estimate of drug-likeness (QED) is 0.0318. The molecule has 0 spiro atoms. The minimum atomic E-state index is -0.0765. The summed E-state index contributed by atoms with van der Waals surface area (Å²) in [5.41, 5.74) is 9.90. The van der Waals surface area contributed by atoms with Crippen LogP contribution in [0.2, 0.25) is 0 Å². The zero-order chi connectivity index (χ0) is 49.4. The number of para-hydroxylation sites is 1. The van der Waals surface area contributed by atoms with Crippen LogP contribution in [0.3, 0.4) is 0 Å². The summed E-state index contributed by atoms with van der Waals surface area (Å²) < 4.78 is 41.7. The number of likely N-dealkylation sites (tertiary alicyclic amines) is 1. The molecule has 2 N–H and O–H groups in total. The van der Waals surface area contributed by atoms with Gasteiger partial charge in [-0.3, -0.25) is 9.59 Å². The zero-order valence-electron chi connectivity index (χ0n) is 41.7. The number of benzene rings is 4. The first-order valence-corrected chi connectivity index (χ1v) is 26.6. The number of carbonyl (C=O) groups excluding carboxylic acids is 2. The lowest BCUT2D eigenvalue weighted by atomic mass is 10.0. The molecule has 376 valence electrons. The number of fused-ring (bicyclic) bond motifs is 2. The number of nitrogens with one attached hydrogen (secondary N) is 2. The van der Waals surface area contributed by atoms with Gasteiger partial charge in [0.1, 0.15) is 13.2 Å². The van der Waals surface area contributed by atoms with E-state index < -0.39 is 0 Å². The number of carbonyl (C=O) groups is 2. The van der Waals surface area contributed by atoms with Gasteiger partial charge >= 0.3 is 0 Å². The molecule has 2 atom stereocenters. The molecule has 0 saturated carbocycles. The van der Waals surface area contributed by atoms with Gasteiger partial charge in [-0.2, -0.15) is 0 Å². The molecule has 4 aromatic rings. The van der Waals surface area contributed by atoms with Crippen LogP contribution in [0.15, 0.2) is 90.2 Å². The van der Waals surface area contributed by atoms with Gasteiger partial charge in [0.2, 0.25) is 0 Å². The summed E-state index contributed by atoms with van der Waals surface area (Å²) in [5.74, 6) is 1.84. The fourth-order valence-corrected chi connectivity index (χ4v) is 10.9. The highest BCUT2D eigenvalue weighted by atomic mass is 33.1. The number of allylic oxidation sites excluding steroid dienone is 3. The van der Waals surface area contributed by atoms with Crippen molar-refractivity contribution in [2.24, 2.45) is 0 Å². The van der Waals surface area contributed by atoms with E-state index in [1.54, 1.807) is 44.3 Å². The third kappa shape index (κ3) is 13.3. The molecule has 70 heavy (non-hydrogen) atoms. The number of aldehydes is 1. The largest absolute Gasteiger partial charge is 0.493 e. The number of amides is 1. The zero-order valence-corrected chi connectivity index (χ0v) is 43.3. The number of anilines is 4. The summed E-state index contributed by atoms with van der Waals surface area (Å²) in [5, 5.41) is 7.09. The van der Waals surface area contributed by atoms with Crippen molar-refractivity contribution in [1.82, 2.24) is 4.90 Å². The van der Waals surface area contributed by atoms with Crippen LogP contribution in [0.4, 0.5) is 22.7 Å². The maximum Gasteiger partial charge on any atom is 0.260 e. The summed E-state index contributed by atoms with van der Waals surface area (Å²) in [6.07, 6.45) is 11.1. The standard InChI is InChI=1S/C54H69N5O9S2/c1-37(70-69-7)33-58(18-19-65-22-23-66-21-20-62-4)43-25-38(35-67-52-30-46(42(34-60)28-50(52)63-5)56-32-44-27-41-13-9-10-14-48(41)57(44)3)24-39(26-43)36-68-53-31-47(55-2)45(29-51(53)64-6)54(61)59-17-16-40-12-8-11-15-49(40)59/h9-10,12-15,24-26,28-31,34,37,44,55-56H,8,11,16-23,27,32-33,35-36H2,1-7H3. The van der Waals surface area contributed by atoms with Crippen LogP contribution in [0, 0.1) is 0 Å². The number of methoxy groups -OCH3 is 3. The van der Waals surface area contributed by atoms with E-state index in [2.05, 4.69) is 95.3 Å². The first-order chi connectivity index (χ1) is 34.2. The van der Waals surface area contributed by atoms with Gasteiger partial charge in [-0.05, 0) is 90.6 Å². The van der Waals surface area contributed by atoms with Crippen molar-refractivity contribution in [2.45, 2.75) is 57.1 Å². The molecule has 7 rings (SSSR count). The molecule has 14 nitrogen and oxygen atoms in total. The smallest absolute Gasteiger partial charge is 0.260 e. The summed E-state index contributed by atoms with van der Waals surface area (Å²) in [7, 11) is 12.3. The van der Waals surface area contributed by atoms with Gasteiger partial charge < -0.3 is 58.5 Å². The molecule has 4 aromatic carbocycles. The molecule has 0 aromatic heterocycles. The Hall–Kier alpha value is -5.52. The van der Waals surface area contributed by atoms with Crippen LogP contribution in [0.5, 0.6) is 23.0 Å². The van der Waals surface area contributed by atoms with Crippen LogP contribution < -0.4 is 39.4 Å². The molecule has 0 radical (unpaired) electrons. The minimum Gasteiger partial charge on any atom is -0.493 e. The predicted octanol–water partition coefficient (Wildman–Crippen LogP) is 9.52. The molecular weight excluding hydrogens is 927 g/mol. The summed E-state index contributed by atoms with van der Waals surface area (Å²) in [6.45, 7) is 7.82. The fourth-order valence-electron chi connectivity index (χ4n) is 9.19. The van der Waals surface area contributed by atoms with Gasteiger partial charge in [0.15, 0.2) is 29.3 Å². The van der Waals surface area contributed by atoms with E-state index in [4.69, 9.17) is 33.2 Å². The van der Waals surface area contributed by atoms with E-state index in [9.17, 15) is 9.59 Å². The summed E-state index contributed by atoms with van der Waals surface area (Å²) >= 11 is 0. The molecule has 2 aliphatic heterocycles. The Morgan fingerprint density at radius 1 is 0.857 bits per heavy atom. The molecule has 2 heterocycles. The molecular formula is C54H69N5O9S2. The Morgan fingerprint density at radius 2 is 1.54 bits per heavy atom. The highest BCUT2D eigenvalue weighted by Gasteiger charge is 2.31. The highest BCUT2D eigenvalue weighted by Crippen LogP contribution is 2.40. The van der Waals surface area contributed by atoms with Gasteiger partial charge in [0.25, 0.3) is 5.91 Å². The van der Waals surface area contributed by atoms with Gasteiger partial charge in [-0.1, -0.05) is 58.9 Å². The lowest BCUT2D eigenvalue weighted by Crippen LogP contribution is -2.34. The van der Waals surface area contributed by atoms with E-state index in [1.807, 2.05) is 34.9 Å². The molecule has 16 heteroatoms. The maximum atomic E-state index is 14.1. The molecule has 1 amide bonds. The molecule has 2 unspecified atom stereocenters. The van der Waals surface area contributed by atoms with E-state index in [1.165, 1.54) is 16.8 Å². The van der Waals surface area contributed by atoms with Crippen LogP contribution in [-0.4, -0.2) is 129 Å². The predicted molar refractivity (Wildman–Crippen MR) is 284 cm³/mol. The monoisotopic (exact) mass is 995 g/mol. The molecule has 1 aliphatic carbocycles. The lowest BCUT2D eigenvalue weighted by molar-refractivity contribution is 0.0265. The maximum absolute atomic E-state index is 14.1. The van der Waals surface area contributed by atoms with Gasteiger partial charge in [0.05, 0.1) is 64.5 Å². The van der Waals surface area contributed by atoms with Crippen LogP contribution in [-0.2, 0) is 33.8 Å². The Morgan fingerprint density at radius 3 is 2.23 bits per heavy atom. The summed E-state index contributed by atoms with van der Waals surface area (Å²) in [4.78, 5) is 33.0. The van der Waals surface area contributed by atoms with Gasteiger partial charge in [-0.25, -0.2) is 0 Å². The molecule has 1 saturated heterocycles. The van der Waals surface area contributed by atoms with Crippen molar-refractivity contribution in [2.75, 3.05) is 121 Å². The van der Waals surface area contributed by atoms with E-state index in [-0.39, 0.29) is 25.2 Å². The normalized spacial score (nSPS) is 15.4. The van der Waals surface area contributed by atoms with Gasteiger partial charge in [-0.15, -0.1) is 0 Å². The Labute approximate surface area is 421 Å².